The summed E-state index contributed by atoms with van der Waals surface area (Å²) in [7, 11) is 0. The molecule has 0 radical (unpaired) electrons. The number of aliphatic carboxylic acids is 1. The number of carboxylic acid groups (broad SMARTS) is 1. The predicted molar refractivity (Wildman–Crippen MR) is 122 cm³/mol. The number of nitrogens with one attached hydrogen (secondary N) is 1. The molecule has 1 fully saturated rings. The van der Waals surface area contributed by atoms with Crippen molar-refractivity contribution in [3.63, 3.8) is 0 Å². The lowest BCUT2D eigenvalue weighted by molar-refractivity contribution is -0.145. The molecule has 2 N–H and O–H groups in total. The van der Waals surface area contributed by atoms with Gasteiger partial charge in [-0.05, 0) is 73.5 Å². The molecule has 3 rings (SSSR count). The van der Waals surface area contributed by atoms with E-state index >= 15 is 0 Å². The number of carbonyl (C=O) groups is 2. The first-order chi connectivity index (χ1) is 14.9. The summed E-state index contributed by atoms with van der Waals surface area (Å²) in [5, 5.41) is 12.5. The molecule has 0 aromatic heterocycles. The number of hydrogen-bond acceptors (Lipinski definition) is 6. The van der Waals surface area contributed by atoms with Gasteiger partial charge in [-0.15, -0.1) is 0 Å². The Morgan fingerprint density at radius 1 is 1.23 bits per heavy atom. The minimum absolute atomic E-state index is 0.230. The summed E-state index contributed by atoms with van der Waals surface area (Å²) in [6.07, 6.45) is 1.10. The molecule has 31 heavy (non-hydrogen) atoms. The van der Waals surface area contributed by atoms with E-state index in [0.29, 0.717) is 34.6 Å². The van der Waals surface area contributed by atoms with Gasteiger partial charge < -0.3 is 19.9 Å². The van der Waals surface area contributed by atoms with E-state index in [9.17, 15) is 14.7 Å². The molecule has 7 nitrogen and oxygen atoms in total. The molecule has 2 aromatic rings. The number of aryl methyl sites for hydroxylation is 1. The number of aliphatic imine (C=N–C) groups is 1. The summed E-state index contributed by atoms with van der Waals surface area (Å²) in [5.41, 5.74) is 2.59. The molecule has 0 saturated carbocycles. The lowest BCUT2D eigenvalue weighted by Gasteiger charge is -2.16. The van der Waals surface area contributed by atoms with Crippen molar-refractivity contribution in [2.45, 2.75) is 33.3 Å². The molecule has 0 spiro atoms. The minimum atomic E-state index is -1.03. The van der Waals surface area contributed by atoms with Crippen LogP contribution in [0.1, 0.15) is 31.4 Å². The van der Waals surface area contributed by atoms with Crippen molar-refractivity contribution in [3.8, 4) is 11.5 Å². The normalized spacial score (nSPS) is 16.9. The first kappa shape index (κ1) is 22.4. The monoisotopic (exact) mass is 440 g/mol. The molecule has 1 heterocycles. The van der Waals surface area contributed by atoms with Crippen molar-refractivity contribution in [3.05, 3.63) is 58.5 Å². The summed E-state index contributed by atoms with van der Waals surface area (Å²) in [5.74, 6) is -0.487. The molecule has 1 atom stereocenters. The molecule has 1 saturated heterocycles. The molecule has 8 heteroatoms. The van der Waals surface area contributed by atoms with Crippen LogP contribution in [0.3, 0.4) is 0 Å². The Kier molecular flexibility index (Phi) is 7.36. The summed E-state index contributed by atoms with van der Waals surface area (Å²) >= 11 is 1.26. The fourth-order valence-electron chi connectivity index (χ4n) is 2.89. The second kappa shape index (κ2) is 10.2. The third-order valence-electron chi connectivity index (χ3n) is 4.36. The molecule has 1 unspecified atom stereocenters. The highest BCUT2D eigenvalue weighted by Gasteiger charge is 2.24. The third kappa shape index (κ3) is 5.88. The van der Waals surface area contributed by atoms with Gasteiger partial charge in [0.2, 0.25) is 0 Å². The molecule has 2 aromatic carbocycles. The number of thioether (sulfide) groups is 1. The van der Waals surface area contributed by atoms with Gasteiger partial charge in [0.25, 0.3) is 5.91 Å². The molecule has 1 aliphatic heterocycles. The van der Waals surface area contributed by atoms with Crippen LogP contribution in [0.4, 0.5) is 5.69 Å². The van der Waals surface area contributed by atoms with Gasteiger partial charge in [0, 0.05) is 0 Å². The number of nitrogens with zero attached hydrogens (tertiary/aromatic N) is 1. The van der Waals surface area contributed by atoms with E-state index in [-0.39, 0.29) is 5.91 Å². The average molecular weight is 441 g/mol. The van der Waals surface area contributed by atoms with Crippen LogP contribution in [0.15, 0.2) is 52.4 Å². The highest BCUT2D eigenvalue weighted by molar-refractivity contribution is 8.18. The summed E-state index contributed by atoms with van der Waals surface area (Å²) < 4.78 is 11.2. The summed E-state index contributed by atoms with van der Waals surface area (Å²) in [6, 6.07) is 12.9. The van der Waals surface area contributed by atoms with Crippen molar-refractivity contribution in [1.82, 2.24) is 5.32 Å². The van der Waals surface area contributed by atoms with E-state index < -0.39 is 12.1 Å². The Morgan fingerprint density at radius 2 is 2.03 bits per heavy atom. The van der Waals surface area contributed by atoms with Gasteiger partial charge in [-0.1, -0.05) is 25.1 Å². The Balaban J connectivity index is 1.83. The molecule has 162 valence electrons. The minimum Gasteiger partial charge on any atom is -0.490 e. The lowest BCUT2D eigenvalue weighted by Crippen LogP contribution is -2.26. The Morgan fingerprint density at radius 3 is 2.71 bits per heavy atom. The van der Waals surface area contributed by atoms with Gasteiger partial charge in [0.05, 0.1) is 17.2 Å². The van der Waals surface area contributed by atoms with Gasteiger partial charge >= 0.3 is 5.97 Å². The summed E-state index contributed by atoms with van der Waals surface area (Å²) in [4.78, 5) is 28.7. The van der Waals surface area contributed by atoms with Crippen LogP contribution < -0.4 is 14.8 Å². The van der Waals surface area contributed by atoms with E-state index in [4.69, 9.17) is 9.47 Å². The summed E-state index contributed by atoms with van der Waals surface area (Å²) in [6.45, 7) is 5.95. The Bertz CT molecular complexity index is 1050. The molecule has 1 amide bonds. The van der Waals surface area contributed by atoms with Gasteiger partial charge in [-0.2, -0.15) is 0 Å². The zero-order valence-corrected chi connectivity index (χ0v) is 18.4. The number of carbonyl (C=O) groups excluding carboxylic acids is 1. The fourth-order valence-corrected chi connectivity index (χ4v) is 3.73. The van der Waals surface area contributed by atoms with E-state index in [1.54, 1.807) is 31.2 Å². The van der Waals surface area contributed by atoms with Crippen LogP contribution in [0.25, 0.3) is 6.08 Å². The number of carboxylic acids is 1. The van der Waals surface area contributed by atoms with Crippen LogP contribution in [0, 0.1) is 6.92 Å². The van der Waals surface area contributed by atoms with Crippen LogP contribution in [0.2, 0.25) is 0 Å². The predicted octanol–water partition coefficient (Wildman–Crippen LogP) is 4.53. The van der Waals surface area contributed by atoms with Crippen LogP contribution in [0.5, 0.6) is 11.5 Å². The third-order valence-corrected chi connectivity index (χ3v) is 5.27. The van der Waals surface area contributed by atoms with Crippen molar-refractivity contribution >= 4 is 40.6 Å². The standard InChI is InChI=1S/C23H24N2O5S/c1-4-17(22(27)28)30-18-10-9-15(12-19(18)29-5-2)13-20-21(26)25-23(31-20)24-16-8-6-7-14(3)11-16/h6-13,17H,4-5H2,1-3H3,(H,27,28)(H,24,25,26)/b20-13+. The molecule has 0 aliphatic carbocycles. The number of hydrogen-bond donors (Lipinski definition) is 2. The lowest BCUT2D eigenvalue weighted by atomic mass is 10.1. The van der Waals surface area contributed by atoms with E-state index in [1.165, 1.54) is 11.8 Å². The SMILES string of the molecule is CCOc1cc(/C=C2/SC(=Nc3cccc(C)c3)NC2=O)ccc1OC(CC)C(=O)O. The zero-order chi connectivity index (χ0) is 22.4. The maximum atomic E-state index is 12.4. The average Bonchev–Trinajstić information content (AvgIpc) is 3.06. The second-order valence-corrected chi connectivity index (χ2v) is 7.84. The zero-order valence-electron chi connectivity index (χ0n) is 17.5. The van der Waals surface area contributed by atoms with E-state index in [1.807, 2.05) is 38.1 Å². The molecule has 1 aliphatic rings. The van der Waals surface area contributed by atoms with Crippen molar-refractivity contribution in [2.75, 3.05) is 6.61 Å². The van der Waals surface area contributed by atoms with Gasteiger partial charge in [-0.25, -0.2) is 9.79 Å². The van der Waals surface area contributed by atoms with Crippen LogP contribution in [-0.2, 0) is 9.59 Å². The highest BCUT2D eigenvalue weighted by atomic mass is 32.2. The first-order valence-corrected chi connectivity index (χ1v) is 10.7. The van der Waals surface area contributed by atoms with Gasteiger partial charge in [-0.3, -0.25) is 4.79 Å². The van der Waals surface area contributed by atoms with Gasteiger partial charge in [0.1, 0.15) is 0 Å². The number of ether oxygens (including phenoxy) is 2. The van der Waals surface area contributed by atoms with Crippen molar-refractivity contribution < 1.29 is 24.2 Å². The van der Waals surface area contributed by atoms with E-state index in [0.717, 1.165) is 16.8 Å². The number of rotatable bonds is 8. The number of amidine groups is 1. The van der Waals surface area contributed by atoms with Crippen molar-refractivity contribution in [1.29, 1.82) is 0 Å². The second-order valence-electron chi connectivity index (χ2n) is 6.81. The maximum Gasteiger partial charge on any atom is 0.344 e. The molecular weight excluding hydrogens is 416 g/mol. The highest BCUT2D eigenvalue weighted by Crippen LogP contribution is 2.33. The largest absolute Gasteiger partial charge is 0.490 e. The number of benzene rings is 2. The smallest absolute Gasteiger partial charge is 0.344 e. The van der Waals surface area contributed by atoms with E-state index in [2.05, 4.69) is 10.3 Å². The number of amides is 1. The van der Waals surface area contributed by atoms with Crippen LogP contribution in [-0.4, -0.2) is 34.9 Å². The van der Waals surface area contributed by atoms with Crippen molar-refractivity contribution in [2.24, 2.45) is 4.99 Å². The Labute approximate surface area is 185 Å². The molecule has 0 bridgehead atoms. The molecular formula is C23H24N2O5S. The maximum absolute atomic E-state index is 12.4. The van der Waals surface area contributed by atoms with Crippen LogP contribution >= 0.6 is 11.8 Å². The fraction of sp³-hybridized carbons (Fsp3) is 0.261. The first-order valence-electron chi connectivity index (χ1n) is 9.92. The topological polar surface area (TPSA) is 97.2 Å². The quantitative estimate of drug-likeness (QED) is 0.586. The van der Waals surface area contributed by atoms with Gasteiger partial charge in [0.15, 0.2) is 22.8 Å². The Hall–Kier alpha value is -3.26.